The molecule has 0 saturated carbocycles. The van der Waals surface area contributed by atoms with Crippen molar-refractivity contribution in [1.82, 2.24) is 0 Å². The van der Waals surface area contributed by atoms with Crippen LogP contribution in [0.15, 0.2) is 0 Å². The zero-order valence-corrected chi connectivity index (χ0v) is 11.8. The van der Waals surface area contributed by atoms with Gasteiger partial charge in [-0.2, -0.15) is 0 Å². The van der Waals surface area contributed by atoms with Gasteiger partial charge in [0.25, 0.3) is 0 Å². The molecule has 6 nitrogen and oxygen atoms in total. The van der Waals surface area contributed by atoms with Crippen LogP contribution in [0.5, 0.6) is 0 Å². The van der Waals surface area contributed by atoms with E-state index in [9.17, 15) is 0 Å². The van der Waals surface area contributed by atoms with Crippen molar-refractivity contribution in [2.75, 3.05) is 0 Å². The van der Waals surface area contributed by atoms with Gasteiger partial charge in [-0.1, -0.05) is 0 Å². The van der Waals surface area contributed by atoms with Crippen LogP contribution >= 0.6 is 0 Å². The Morgan fingerprint density at radius 3 is 0.400 bits per heavy atom. The molecule has 0 N–H and O–H groups in total. The van der Waals surface area contributed by atoms with Gasteiger partial charge < -0.3 is 0 Å². The van der Waals surface area contributed by atoms with Gasteiger partial charge in [-0.05, 0) is 0 Å². The monoisotopic (exact) mass is 447 g/mol. The zero-order valence-electron chi connectivity index (χ0n) is 7.08. The number of nitrogens with zero attached hydrogens (tertiary/aromatic N) is 6. The normalized spacial score (nSPS) is 0.800. The molecule has 0 atom stereocenters. The second-order valence-corrected chi connectivity index (χ2v) is 0. The van der Waals surface area contributed by atoms with E-state index in [2.05, 4.69) is 39.4 Å². The summed E-state index contributed by atoms with van der Waals surface area (Å²) in [6.07, 6.45) is 0. The van der Waals surface area contributed by atoms with Crippen LogP contribution in [0.4, 0.5) is 0 Å². The molecule has 0 aliphatic heterocycles. The summed E-state index contributed by atoms with van der Waals surface area (Å²) in [5.41, 5.74) is 0. The SMILES string of the molecule is C#N.C#N.C#N.C#N.C#N.C#N.[Fe].[La].[SrH2]. The van der Waals surface area contributed by atoms with Crippen molar-refractivity contribution in [3.8, 4) is 39.4 Å². The van der Waals surface area contributed by atoms with Crippen molar-refractivity contribution < 1.29 is 52.7 Å². The molecule has 75 valence electrons. The minimum atomic E-state index is 0. The topological polar surface area (TPSA) is 143 Å². The van der Waals surface area contributed by atoms with Gasteiger partial charge in [-0.25, -0.2) is 31.6 Å². The van der Waals surface area contributed by atoms with Crippen LogP contribution < -0.4 is 0 Å². The Morgan fingerprint density at radius 1 is 0.400 bits per heavy atom. The van der Waals surface area contributed by atoms with E-state index in [1.807, 2.05) is 0 Å². The van der Waals surface area contributed by atoms with Crippen LogP contribution in [-0.2, 0) is 17.1 Å². The molecule has 0 fully saturated rings. The molecule has 0 saturated heterocycles. The van der Waals surface area contributed by atoms with Gasteiger partial charge in [0, 0.05) is 92.1 Å². The summed E-state index contributed by atoms with van der Waals surface area (Å²) >= 11 is 0. The van der Waals surface area contributed by atoms with Gasteiger partial charge in [0.1, 0.15) is 0 Å². The molecule has 15 heavy (non-hydrogen) atoms. The van der Waals surface area contributed by atoms with Crippen molar-refractivity contribution >= 4 is 45.5 Å². The third-order valence-corrected chi connectivity index (χ3v) is 0. The molecule has 0 aromatic carbocycles. The molecule has 0 aliphatic rings. The van der Waals surface area contributed by atoms with E-state index in [0.717, 1.165) is 0 Å². The fraction of sp³-hybridized carbons (Fsp3) is 0. The first-order valence-corrected chi connectivity index (χ1v) is 1.55. The first kappa shape index (κ1) is 80.3. The molecule has 0 aliphatic carbocycles. The average molecular weight is 447 g/mol. The summed E-state index contributed by atoms with van der Waals surface area (Å²) in [6, 6.07) is 0. The molecule has 0 unspecified atom stereocenters. The maximum absolute atomic E-state index is 6.50. The first-order valence-electron chi connectivity index (χ1n) is 1.55. The van der Waals surface area contributed by atoms with Gasteiger partial charge in [0.05, 0.1) is 0 Å². The van der Waals surface area contributed by atoms with Gasteiger partial charge in [0.2, 0.25) is 0 Å². The summed E-state index contributed by atoms with van der Waals surface area (Å²) in [4.78, 5) is 0. The molecular formula is C6H8FeLaN6Sr. The number of nitriles is 6. The molecule has 0 rings (SSSR count). The molecule has 0 spiro atoms. The second-order valence-electron chi connectivity index (χ2n) is 0. The summed E-state index contributed by atoms with van der Waals surface area (Å²) in [7, 11) is 0. The first-order chi connectivity index (χ1) is 6.00. The summed E-state index contributed by atoms with van der Waals surface area (Å²) in [6.45, 7) is 21.0. The Kier molecular flexibility index (Phi) is 719000. The van der Waals surface area contributed by atoms with Gasteiger partial charge in [0.15, 0.2) is 0 Å². The predicted octanol–water partition coefficient (Wildman–Crippen LogP) is -0.0800. The fourth-order valence-electron chi connectivity index (χ4n) is 0. The van der Waals surface area contributed by atoms with Crippen LogP contribution in [0.1, 0.15) is 0 Å². The van der Waals surface area contributed by atoms with Crippen molar-refractivity contribution in [3.05, 3.63) is 0 Å². The van der Waals surface area contributed by atoms with Crippen LogP contribution in [-0.4, -0.2) is 45.5 Å². The molecule has 0 aromatic heterocycles. The van der Waals surface area contributed by atoms with Crippen molar-refractivity contribution in [3.63, 3.8) is 0 Å². The van der Waals surface area contributed by atoms with E-state index >= 15 is 0 Å². The molecule has 9 heteroatoms. The number of hydrogen-bond acceptors (Lipinski definition) is 6. The average Bonchev–Trinajstić information content (AvgIpc) is 2.33. The standard InChI is InChI=1S/6CHN.Fe.La.Sr.2H/c6*1-2;;;;;/h6*1H;;;;;. The third-order valence-electron chi connectivity index (χ3n) is 0. The van der Waals surface area contributed by atoms with Crippen LogP contribution in [0.25, 0.3) is 0 Å². The second kappa shape index (κ2) is 134000. The fourth-order valence-corrected chi connectivity index (χ4v) is 0. The van der Waals surface area contributed by atoms with Crippen molar-refractivity contribution in [2.24, 2.45) is 0 Å². The third kappa shape index (κ3) is 115000. The summed E-state index contributed by atoms with van der Waals surface area (Å²) in [5.74, 6) is 0. The molecule has 0 amide bonds. The summed E-state index contributed by atoms with van der Waals surface area (Å²) < 4.78 is 0. The quantitative estimate of drug-likeness (QED) is 0.476. The van der Waals surface area contributed by atoms with E-state index in [0.29, 0.717) is 0 Å². The van der Waals surface area contributed by atoms with E-state index in [4.69, 9.17) is 31.6 Å². The Balaban J connectivity index is -0.00000000396. The Morgan fingerprint density at radius 2 is 0.400 bits per heavy atom. The number of rotatable bonds is 0. The maximum atomic E-state index is 6.50. The van der Waals surface area contributed by atoms with Crippen LogP contribution in [0.3, 0.4) is 0 Å². The van der Waals surface area contributed by atoms with Gasteiger partial charge in [-0.15, -0.1) is 0 Å². The Hall–Kier alpha value is 0.135. The van der Waals surface area contributed by atoms with Gasteiger partial charge in [-0.3, -0.25) is 0 Å². The Bertz CT molecular complexity index is 103. The number of hydrogen-bond donors (Lipinski definition) is 0. The van der Waals surface area contributed by atoms with E-state index in [1.165, 1.54) is 0 Å². The molecule has 0 aromatic rings. The Labute approximate surface area is 166 Å². The van der Waals surface area contributed by atoms with E-state index in [-0.39, 0.29) is 98.1 Å². The van der Waals surface area contributed by atoms with Crippen molar-refractivity contribution in [1.29, 1.82) is 31.6 Å². The van der Waals surface area contributed by atoms with Crippen LogP contribution in [0, 0.1) is 107 Å². The molecular weight excluding hydrogens is 438 g/mol. The van der Waals surface area contributed by atoms with Crippen LogP contribution in [0.2, 0.25) is 0 Å². The molecule has 1 radical (unpaired) electrons. The molecule has 0 bridgehead atoms. The molecule has 0 heterocycles. The van der Waals surface area contributed by atoms with Crippen molar-refractivity contribution in [2.45, 2.75) is 0 Å². The summed E-state index contributed by atoms with van der Waals surface area (Å²) in [5, 5.41) is 39.0. The van der Waals surface area contributed by atoms with Gasteiger partial charge >= 0.3 is 45.5 Å². The van der Waals surface area contributed by atoms with E-state index < -0.39 is 0 Å². The predicted molar refractivity (Wildman–Crippen MR) is 48.6 cm³/mol. The minimum absolute atomic E-state index is 0. The van der Waals surface area contributed by atoms with E-state index in [1.54, 1.807) is 0 Å². The zero-order chi connectivity index (χ0) is 12.0.